The van der Waals surface area contributed by atoms with E-state index in [4.69, 9.17) is 5.11 Å². The number of carbonyl (C=O) groups is 2. The van der Waals surface area contributed by atoms with E-state index in [-0.39, 0.29) is 11.8 Å². The predicted octanol–water partition coefficient (Wildman–Crippen LogP) is 2.31. The first-order chi connectivity index (χ1) is 8.49. The highest BCUT2D eigenvalue weighted by Gasteiger charge is 2.21. The predicted molar refractivity (Wildman–Crippen MR) is 69.5 cm³/mol. The summed E-state index contributed by atoms with van der Waals surface area (Å²) in [5, 5.41) is 13.6. The number of carbonyl (C=O) groups excluding carboxylic acids is 1. The van der Waals surface area contributed by atoms with Crippen LogP contribution >= 0.6 is 0 Å². The van der Waals surface area contributed by atoms with Gasteiger partial charge < -0.3 is 15.7 Å². The van der Waals surface area contributed by atoms with Crippen molar-refractivity contribution in [3.05, 3.63) is 30.3 Å². The molecule has 2 amide bonds. The number of para-hydroxylation sites is 1. The molecule has 0 bridgehead atoms. The Morgan fingerprint density at radius 1 is 1.22 bits per heavy atom. The van der Waals surface area contributed by atoms with Crippen molar-refractivity contribution in [2.45, 2.75) is 26.3 Å². The second kappa shape index (κ2) is 6.64. The second-order valence-electron chi connectivity index (χ2n) is 4.49. The molecule has 0 heterocycles. The third-order valence-corrected chi connectivity index (χ3v) is 2.36. The number of rotatable bonds is 5. The Morgan fingerprint density at radius 2 is 1.83 bits per heavy atom. The molecule has 18 heavy (non-hydrogen) atoms. The minimum atomic E-state index is -1.19. The Bertz CT molecular complexity index is 404. The Kier molecular flexibility index (Phi) is 5.17. The molecule has 5 heteroatoms. The van der Waals surface area contributed by atoms with Crippen LogP contribution in [0.4, 0.5) is 10.5 Å². The van der Waals surface area contributed by atoms with E-state index in [1.165, 1.54) is 0 Å². The normalized spacial score (nSPS) is 11.9. The van der Waals surface area contributed by atoms with Gasteiger partial charge in [0.2, 0.25) is 5.91 Å². The second-order valence-corrected chi connectivity index (χ2v) is 4.49. The van der Waals surface area contributed by atoms with Crippen molar-refractivity contribution in [3.63, 3.8) is 0 Å². The summed E-state index contributed by atoms with van der Waals surface area (Å²) in [6, 6.07) is 8.23. The third-order valence-electron chi connectivity index (χ3n) is 2.36. The average molecular weight is 250 g/mol. The van der Waals surface area contributed by atoms with Gasteiger partial charge in [-0.25, -0.2) is 4.79 Å². The number of hydrogen-bond acceptors (Lipinski definition) is 2. The van der Waals surface area contributed by atoms with Crippen LogP contribution in [0.2, 0.25) is 0 Å². The fraction of sp³-hybridized carbons (Fsp3) is 0.385. The van der Waals surface area contributed by atoms with E-state index in [0.717, 1.165) is 0 Å². The topological polar surface area (TPSA) is 78.4 Å². The lowest BCUT2D eigenvalue weighted by atomic mass is 10.0. The van der Waals surface area contributed by atoms with Crippen molar-refractivity contribution in [3.8, 4) is 0 Å². The monoisotopic (exact) mass is 250 g/mol. The van der Waals surface area contributed by atoms with Gasteiger partial charge in [0.05, 0.1) is 0 Å². The number of nitrogens with one attached hydrogen (secondary N) is 2. The Hall–Kier alpha value is -2.04. The van der Waals surface area contributed by atoms with Gasteiger partial charge in [-0.3, -0.25) is 4.79 Å². The van der Waals surface area contributed by atoms with Gasteiger partial charge in [0, 0.05) is 5.69 Å². The summed E-state index contributed by atoms with van der Waals surface area (Å²) in [6.07, 6.45) is -0.728. The molecule has 0 fully saturated rings. The number of hydrogen-bond donors (Lipinski definition) is 3. The smallest absolute Gasteiger partial charge is 0.405 e. The number of carboxylic acid groups (broad SMARTS) is 1. The summed E-state index contributed by atoms with van der Waals surface area (Å²) in [7, 11) is 0. The highest BCUT2D eigenvalue weighted by molar-refractivity contribution is 5.96. The van der Waals surface area contributed by atoms with Crippen LogP contribution in [0.5, 0.6) is 0 Å². The van der Waals surface area contributed by atoms with Crippen LogP contribution in [0.15, 0.2) is 30.3 Å². The molecule has 3 N–H and O–H groups in total. The maximum absolute atomic E-state index is 11.9. The molecule has 0 aliphatic heterocycles. The van der Waals surface area contributed by atoms with Crippen molar-refractivity contribution in [2.75, 3.05) is 5.32 Å². The summed E-state index contributed by atoms with van der Waals surface area (Å²) in [6.45, 7) is 3.87. The molecule has 0 aliphatic rings. The molecule has 0 aromatic heterocycles. The number of amides is 2. The maximum atomic E-state index is 11.9. The first kappa shape index (κ1) is 14.0. The van der Waals surface area contributed by atoms with Crippen molar-refractivity contribution in [1.29, 1.82) is 0 Å². The zero-order valence-electron chi connectivity index (χ0n) is 10.5. The van der Waals surface area contributed by atoms with Gasteiger partial charge in [0.1, 0.15) is 6.04 Å². The molecule has 1 aromatic carbocycles. The van der Waals surface area contributed by atoms with Crippen LogP contribution in [0, 0.1) is 5.92 Å². The van der Waals surface area contributed by atoms with Crippen LogP contribution in [0.1, 0.15) is 20.3 Å². The molecule has 0 saturated carbocycles. The molecule has 0 spiro atoms. The van der Waals surface area contributed by atoms with Crippen molar-refractivity contribution >= 4 is 17.7 Å². The van der Waals surface area contributed by atoms with E-state index in [2.05, 4.69) is 10.6 Å². The Labute approximate surface area is 106 Å². The highest BCUT2D eigenvalue weighted by Crippen LogP contribution is 2.10. The fourth-order valence-electron chi connectivity index (χ4n) is 1.60. The molecular weight excluding hydrogens is 232 g/mol. The maximum Gasteiger partial charge on any atom is 0.405 e. The molecule has 0 radical (unpaired) electrons. The van der Waals surface area contributed by atoms with E-state index in [0.29, 0.717) is 12.1 Å². The summed E-state index contributed by atoms with van der Waals surface area (Å²) in [4.78, 5) is 22.6. The van der Waals surface area contributed by atoms with Crippen molar-refractivity contribution in [1.82, 2.24) is 5.32 Å². The molecule has 98 valence electrons. The third kappa shape index (κ3) is 4.86. The average Bonchev–Trinajstić information content (AvgIpc) is 2.28. The molecule has 1 atom stereocenters. The summed E-state index contributed by atoms with van der Waals surface area (Å²) >= 11 is 0. The molecular formula is C13H18N2O3. The van der Waals surface area contributed by atoms with Crippen LogP contribution in [0.25, 0.3) is 0 Å². The lowest BCUT2D eigenvalue weighted by Crippen LogP contribution is -2.44. The Balaban J connectivity index is 2.67. The van der Waals surface area contributed by atoms with E-state index in [1.54, 1.807) is 24.3 Å². The first-order valence-electron chi connectivity index (χ1n) is 5.84. The van der Waals surface area contributed by atoms with Gasteiger partial charge in [0.25, 0.3) is 0 Å². The quantitative estimate of drug-likeness (QED) is 0.750. The van der Waals surface area contributed by atoms with Crippen LogP contribution in [-0.2, 0) is 4.79 Å². The first-order valence-corrected chi connectivity index (χ1v) is 5.84. The van der Waals surface area contributed by atoms with Gasteiger partial charge in [0.15, 0.2) is 0 Å². The van der Waals surface area contributed by atoms with Crippen LogP contribution in [0.3, 0.4) is 0 Å². The van der Waals surface area contributed by atoms with E-state index in [1.807, 2.05) is 19.9 Å². The molecule has 5 nitrogen and oxygen atoms in total. The van der Waals surface area contributed by atoms with E-state index in [9.17, 15) is 9.59 Å². The largest absolute Gasteiger partial charge is 0.465 e. The Morgan fingerprint density at radius 3 is 2.33 bits per heavy atom. The minimum absolute atomic E-state index is 0.225. The summed E-state index contributed by atoms with van der Waals surface area (Å²) < 4.78 is 0. The van der Waals surface area contributed by atoms with Gasteiger partial charge in [-0.2, -0.15) is 0 Å². The zero-order valence-corrected chi connectivity index (χ0v) is 10.5. The SMILES string of the molecule is CC(C)CC(NC(=O)O)C(=O)Nc1ccccc1. The summed E-state index contributed by atoms with van der Waals surface area (Å²) in [5.74, 6) is -0.110. The van der Waals surface area contributed by atoms with Gasteiger partial charge in [-0.05, 0) is 24.5 Å². The summed E-state index contributed by atoms with van der Waals surface area (Å²) in [5.41, 5.74) is 0.656. The van der Waals surface area contributed by atoms with E-state index >= 15 is 0 Å². The van der Waals surface area contributed by atoms with Crippen LogP contribution in [-0.4, -0.2) is 23.1 Å². The van der Waals surface area contributed by atoms with Gasteiger partial charge in [-0.15, -0.1) is 0 Å². The van der Waals surface area contributed by atoms with Gasteiger partial charge in [-0.1, -0.05) is 32.0 Å². The molecule has 1 rings (SSSR count). The molecule has 1 unspecified atom stereocenters. The minimum Gasteiger partial charge on any atom is -0.465 e. The van der Waals surface area contributed by atoms with Crippen molar-refractivity contribution < 1.29 is 14.7 Å². The highest BCUT2D eigenvalue weighted by atomic mass is 16.4. The lowest BCUT2D eigenvalue weighted by Gasteiger charge is -2.18. The van der Waals surface area contributed by atoms with Gasteiger partial charge >= 0.3 is 6.09 Å². The lowest BCUT2D eigenvalue weighted by molar-refractivity contribution is -0.118. The zero-order chi connectivity index (χ0) is 13.5. The fourth-order valence-corrected chi connectivity index (χ4v) is 1.60. The molecule has 0 saturated heterocycles. The molecule has 1 aromatic rings. The van der Waals surface area contributed by atoms with E-state index < -0.39 is 12.1 Å². The number of benzene rings is 1. The number of anilines is 1. The standard InChI is InChI=1S/C13H18N2O3/c1-9(2)8-11(15-13(17)18)12(16)14-10-6-4-3-5-7-10/h3-7,9,11,15H,8H2,1-2H3,(H,14,16)(H,17,18). The van der Waals surface area contributed by atoms with Crippen LogP contribution < -0.4 is 10.6 Å². The van der Waals surface area contributed by atoms with Crippen molar-refractivity contribution in [2.24, 2.45) is 5.92 Å². The molecule has 0 aliphatic carbocycles.